The van der Waals surface area contributed by atoms with Crippen molar-refractivity contribution in [1.29, 1.82) is 0 Å². The first-order chi connectivity index (χ1) is 9.77. The van der Waals surface area contributed by atoms with E-state index >= 15 is 0 Å². The largest absolute Gasteiger partial charge is 0.416 e. The van der Waals surface area contributed by atoms with Crippen LogP contribution >= 0.6 is 11.3 Å². The Bertz CT molecular complexity index is 719. The van der Waals surface area contributed by atoms with Crippen LogP contribution in [0.1, 0.15) is 26.5 Å². The van der Waals surface area contributed by atoms with Crippen LogP contribution in [-0.2, 0) is 12.7 Å². The summed E-state index contributed by atoms with van der Waals surface area (Å²) in [5.41, 5.74) is 0.00184. The van der Waals surface area contributed by atoms with E-state index in [0.717, 1.165) is 23.5 Å². The van der Waals surface area contributed by atoms with E-state index < -0.39 is 17.6 Å². The molecule has 2 rings (SSSR count). The number of nitrogens with one attached hydrogen (secondary N) is 2. The zero-order valence-corrected chi connectivity index (χ0v) is 11.7. The molecule has 0 spiro atoms. The van der Waals surface area contributed by atoms with Crippen LogP contribution in [-0.4, -0.2) is 10.9 Å². The number of thiazole rings is 1. The van der Waals surface area contributed by atoms with E-state index in [1.54, 1.807) is 6.92 Å². The van der Waals surface area contributed by atoms with Crippen LogP contribution in [0.3, 0.4) is 0 Å². The van der Waals surface area contributed by atoms with E-state index in [0.29, 0.717) is 11.3 Å². The highest BCUT2D eigenvalue weighted by Crippen LogP contribution is 2.29. The van der Waals surface area contributed by atoms with E-state index in [9.17, 15) is 22.8 Å². The van der Waals surface area contributed by atoms with Gasteiger partial charge in [0.15, 0.2) is 0 Å². The number of aromatic amines is 1. The van der Waals surface area contributed by atoms with Crippen molar-refractivity contribution in [2.45, 2.75) is 19.6 Å². The lowest BCUT2D eigenvalue weighted by atomic mass is 10.1. The van der Waals surface area contributed by atoms with Gasteiger partial charge in [-0.05, 0) is 24.6 Å². The molecule has 0 saturated heterocycles. The number of hydrogen-bond donors (Lipinski definition) is 2. The number of amides is 1. The molecule has 0 unspecified atom stereocenters. The summed E-state index contributed by atoms with van der Waals surface area (Å²) in [6.45, 7) is 1.53. The van der Waals surface area contributed by atoms with Gasteiger partial charge in [0.05, 0.1) is 5.56 Å². The Morgan fingerprint density at radius 2 is 2.10 bits per heavy atom. The normalized spacial score (nSPS) is 11.4. The summed E-state index contributed by atoms with van der Waals surface area (Å²) in [5, 5.41) is 2.49. The van der Waals surface area contributed by atoms with Crippen LogP contribution < -0.4 is 10.2 Å². The van der Waals surface area contributed by atoms with Gasteiger partial charge in [0.1, 0.15) is 4.88 Å². The molecule has 1 aromatic carbocycles. The van der Waals surface area contributed by atoms with Crippen LogP contribution in [0.15, 0.2) is 29.1 Å². The van der Waals surface area contributed by atoms with Crippen molar-refractivity contribution < 1.29 is 18.0 Å². The summed E-state index contributed by atoms with van der Waals surface area (Å²) in [4.78, 5) is 25.3. The second-order valence-corrected chi connectivity index (χ2v) is 5.33. The van der Waals surface area contributed by atoms with Crippen molar-refractivity contribution in [2.75, 3.05) is 0 Å². The molecule has 21 heavy (non-hydrogen) atoms. The van der Waals surface area contributed by atoms with E-state index in [1.165, 1.54) is 12.1 Å². The number of carbonyl (C=O) groups excluding carboxylic acids is 1. The first-order valence-corrected chi connectivity index (χ1v) is 6.73. The van der Waals surface area contributed by atoms with Crippen molar-refractivity contribution >= 4 is 17.2 Å². The van der Waals surface area contributed by atoms with Gasteiger partial charge in [-0.15, -0.1) is 0 Å². The van der Waals surface area contributed by atoms with E-state index in [4.69, 9.17) is 0 Å². The quantitative estimate of drug-likeness (QED) is 0.914. The lowest BCUT2D eigenvalue weighted by molar-refractivity contribution is -0.137. The maximum Gasteiger partial charge on any atom is 0.416 e. The fourth-order valence-electron chi connectivity index (χ4n) is 1.74. The van der Waals surface area contributed by atoms with Crippen LogP contribution in [0.4, 0.5) is 13.2 Å². The molecule has 0 saturated carbocycles. The Hall–Kier alpha value is -2.09. The van der Waals surface area contributed by atoms with Gasteiger partial charge in [-0.25, -0.2) is 0 Å². The second kappa shape index (κ2) is 5.72. The van der Waals surface area contributed by atoms with Gasteiger partial charge in [-0.3, -0.25) is 9.59 Å². The number of carbonyl (C=O) groups is 1. The number of H-pyrrole nitrogens is 1. The second-order valence-electron chi connectivity index (χ2n) is 4.35. The summed E-state index contributed by atoms with van der Waals surface area (Å²) in [5.74, 6) is -0.492. The van der Waals surface area contributed by atoms with E-state index in [2.05, 4.69) is 10.3 Å². The number of rotatable bonds is 3. The molecule has 1 heterocycles. The summed E-state index contributed by atoms with van der Waals surface area (Å²) in [6, 6.07) is 4.71. The summed E-state index contributed by atoms with van der Waals surface area (Å²) in [7, 11) is 0. The standard InChI is InChI=1S/C13H11F3N2O2S/c1-7-10(21-12(20)18-7)11(19)17-6-8-3-2-4-9(5-8)13(14,15)16/h2-5H,6H2,1H3,(H,17,19)(H,18,20). The van der Waals surface area contributed by atoms with Gasteiger partial charge >= 0.3 is 11.0 Å². The molecule has 4 nitrogen and oxygen atoms in total. The highest BCUT2D eigenvalue weighted by atomic mass is 32.1. The van der Waals surface area contributed by atoms with Crippen molar-refractivity contribution in [3.8, 4) is 0 Å². The Morgan fingerprint density at radius 3 is 2.67 bits per heavy atom. The zero-order valence-electron chi connectivity index (χ0n) is 10.9. The molecule has 0 fully saturated rings. The van der Waals surface area contributed by atoms with Gasteiger partial charge in [-0.1, -0.05) is 23.5 Å². The number of benzene rings is 1. The van der Waals surface area contributed by atoms with Crippen LogP contribution in [0.5, 0.6) is 0 Å². The maximum atomic E-state index is 12.6. The van der Waals surface area contributed by atoms with Gasteiger partial charge in [-0.2, -0.15) is 13.2 Å². The molecule has 112 valence electrons. The number of aromatic nitrogens is 1. The summed E-state index contributed by atoms with van der Waals surface area (Å²) < 4.78 is 37.7. The van der Waals surface area contributed by atoms with Crippen molar-refractivity contribution in [1.82, 2.24) is 10.3 Å². The number of halogens is 3. The zero-order chi connectivity index (χ0) is 15.6. The average molecular weight is 316 g/mol. The SMILES string of the molecule is Cc1[nH]c(=O)sc1C(=O)NCc1cccc(C(F)(F)F)c1. The fourth-order valence-corrected chi connectivity index (χ4v) is 2.50. The molecular formula is C13H11F3N2O2S. The molecule has 0 atom stereocenters. The third-order valence-electron chi connectivity index (χ3n) is 2.74. The maximum absolute atomic E-state index is 12.6. The van der Waals surface area contributed by atoms with Crippen LogP contribution in [0.2, 0.25) is 0 Å². The molecular weight excluding hydrogens is 305 g/mol. The topological polar surface area (TPSA) is 62.0 Å². The van der Waals surface area contributed by atoms with E-state index in [1.807, 2.05) is 0 Å². The van der Waals surface area contributed by atoms with Crippen molar-refractivity contribution in [3.05, 3.63) is 55.6 Å². The monoisotopic (exact) mass is 316 g/mol. The smallest absolute Gasteiger partial charge is 0.347 e. The number of alkyl halides is 3. The van der Waals surface area contributed by atoms with Gasteiger partial charge in [0, 0.05) is 12.2 Å². The highest BCUT2D eigenvalue weighted by Gasteiger charge is 2.30. The first-order valence-electron chi connectivity index (χ1n) is 5.91. The minimum atomic E-state index is -4.42. The molecule has 0 aliphatic heterocycles. The van der Waals surface area contributed by atoms with Crippen molar-refractivity contribution in [3.63, 3.8) is 0 Å². The highest BCUT2D eigenvalue weighted by molar-refractivity contribution is 7.11. The van der Waals surface area contributed by atoms with Crippen LogP contribution in [0, 0.1) is 6.92 Å². The third-order valence-corrected chi connectivity index (χ3v) is 3.72. The lowest BCUT2D eigenvalue weighted by Gasteiger charge is -2.09. The number of aryl methyl sites for hydroxylation is 1. The summed E-state index contributed by atoms with van der Waals surface area (Å²) >= 11 is 0.762. The van der Waals surface area contributed by atoms with E-state index in [-0.39, 0.29) is 16.3 Å². The molecule has 0 aliphatic rings. The van der Waals surface area contributed by atoms with Gasteiger partial charge < -0.3 is 10.3 Å². The lowest BCUT2D eigenvalue weighted by Crippen LogP contribution is -2.22. The first kappa shape index (κ1) is 15.3. The Morgan fingerprint density at radius 1 is 1.38 bits per heavy atom. The predicted octanol–water partition coefficient (Wildman–Crippen LogP) is 2.69. The Labute approximate surface area is 121 Å². The molecule has 1 aromatic heterocycles. The molecule has 2 aromatic rings. The molecule has 8 heteroatoms. The van der Waals surface area contributed by atoms with Gasteiger partial charge in [0.25, 0.3) is 5.91 Å². The minimum Gasteiger partial charge on any atom is -0.347 e. The van der Waals surface area contributed by atoms with Crippen LogP contribution in [0.25, 0.3) is 0 Å². The fraction of sp³-hybridized carbons (Fsp3) is 0.231. The molecule has 2 N–H and O–H groups in total. The Kier molecular flexibility index (Phi) is 4.17. The minimum absolute atomic E-state index is 0.0473. The third kappa shape index (κ3) is 3.72. The predicted molar refractivity (Wildman–Crippen MR) is 72.3 cm³/mol. The number of hydrogen-bond acceptors (Lipinski definition) is 3. The average Bonchev–Trinajstić information content (AvgIpc) is 2.74. The molecule has 1 amide bonds. The Balaban J connectivity index is 2.08. The molecule has 0 radical (unpaired) electrons. The van der Waals surface area contributed by atoms with Crippen molar-refractivity contribution in [2.24, 2.45) is 0 Å². The molecule has 0 bridgehead atoms. The summed E-state index contributed by atoms with van der Waals surface area (Å²) in [6.07, 6.45) is -4.42. The van der Waals surface area contributed by atoms with Gasteiger partial charge in [0.2, 0.25) is 0 Å². The molecule has 0 aliphatic carbocycles.